The Kier molecular flexibility index (Phi) is 3.39. The first kappa shape index (κ1) is 11.9. The minimum atomic E-state index is 0.130. The van der Waals surface area contributed by atoms with E-state index in [1.807, 2.05) is 18.2 Å². The highest BCUT2D eigenvalue weighted by molar-refractivity contribution is 5.68. The summed E-state index contributed by atoms with van der Waals surface area (Å²) in [6, 6.07) is 9.05. The van der Waals surface area contributed by atoms with E-state index in [2.05, 4.69) is 9.97 Å². The van der Waals surface area contributed by atoms with Gasteiger partial charge in [0.1, 0.15) is 17.6 Å². The average molecular weight is 241 g/mol. The molecule has 0 saturated carbocycles. The molecule has 2 aromatic rings. The second kappa shape index (κ2) is 5.15. The second-order valence-corrected chi connectivity index (χ2v) is 3.44. The zero-order chi connectivity index (χ0) is 13.0. The van der Waals surface area contributed by atoms with Crippen molar-refractivity contribution in [3.8, 4) is 28.8 Å². The van der Waals surface area contributed by atoms with Crippen LogP contribution in [0.2, 0.25) is 0 Å². The maximum Gasteiger partial charge on any atom is 0.232 e. The van der Waals surface area contributed by atoms with Crippen molar-refractivity contribution in [1.82, 2.24) is 9.97 Å². The lowest BCUT2D eigenvalue weighted by Gasteiger charge is -2.09. The quantitative estimate of drug-likeness (QED) is 0.822. The highest BCUT2D eigenvalue weighted by Crippen LogP contribution is 2.31. The van der Waals surface area contributed by atoms with Crippen LogP contribution in [0.5, 0.6) is 11.5 Å². The van der Waals surface area contributed by atoms with Crippen LogP contribution in [-0.4, -0.2) is 24.2 Å². The van der Waals surface area contributed by atoms with Gasteiger partial charge in [-0.2, -0.15) is 5.26 Å². The van der Waals surface area contributed by atoms with Crippen molar-refractivity contribution in [2.45, 2.75) is 0 Å². The fourth-order valence-corrected chi connectivity index (χ4v) is 1.57. The van der Waals surface area contributed by atoms with Crippen molar-refractivity contribution in [1.29, 1.82) is 5.26 Å². The summed E-state index contributed by atoms with van der Waals surface area (Å²) in [5, 5.41) is 8.79. The predicted octanol–water partition coefficient (Wildman–Crippen LogP) is 2.03. The molecule has 1 aromatic heterocycles. The largest absolute Gasteiger partial charge is 0.497 e. The molecular formula is C13H11N3O2. The average Bonchev–Trinajstić information content (AvgIpc) is 2.46. The van der Waals surface area contributed by atoms with Gasteiger partial charge in [-0.1, -0.05) is 0 Å². The Labute approximate surface area is 105 Å². The molecule has 1 aromatic carbocycles. The molecule has 0 saturated heterocycles. The summed E-state index contributed by atoms with van der Waals surface area (Å²) in [6.07, 6.45) is 1.55. The van der Waals surface area contributed by atoms with Crippen molar-refractivity contribution in [3.63, 3.8) is 0 Å². The molecule has 5 nitrogen and oxygen atoms in total. The monoisotopic (exact) mass is 241 g/mol. The van der Waals surface area contributed by atoms with E-state index in [-0.39, 0.29) is 5.82 Å². The van der Waals surface area contributed by atoms with Crippen LogP contribution in [0.4, 0.5) is 0 Å². The van der Waals surface area contributed by atoms with Gasteiger partial charge in [-0.15, -0.1) is 0 Å². The number of aromatic nitrogens is 2. The second-order valence-electron chi connectivity index (χ2n) is 3.44. The molecule has 2 rings (SSSR count). The number of benzene rings is 1. The summed E-state index contributed by atoms with van der Waals surface area (Å²) in [7, 11) is 3.16. The Morgan fingerprint density at radius 3 is 2.67 bits per heavy atom. The van der Waals surface area contributed by atoms with E-state index >= 15 is 0 Å². The molecule has 1 heterocycles. The van der Waals surface area contributed by atoms with Gasteiger partial charge in [-0.25, -0.2) is 9.97 Å². The highest BCUT2D eigenvalue weighted by Gasteiger charge is 2.09. The zero-order valence-electron chi connectivity index (χ0n) is 10.0. The van der Waals surface area contributed by atoms with E-state index in [0.29, 0.717) is 17.2 Å². The summed E-state index contributed by atoms with van der Waals surface area (Å²) in [5.74, 6) is 1.47. The molecule has 0 aliphatic heterocycles. The van der Waals surface area contributed by atoms with Crippen LogP contribution in [0, 0.1) is 11.3 Å². The lowest BCUT2D eigenvalue weighted by atomic mass is 10.1. The van der Waals surface area contributed by atoms with Crippen LogP contribution in [-0.2, 0) is 0 Å². The fourth-order valence-electron chi connectivity index (χ4n) is 1.57. The Morgan fingerprint density at radius 2 is 2.00 bits per heavy atom. The third kappa shape index (κ3) is 2.23. The first-order valence-electron chi connectivity index (χ1n) is 5.24. The van der Waals surface area contributed by atoms with Gasteiger partial charge in [0.05, 0.1) is 19.9 Å². The first-order chi connectivity index (χ1) is 8.78. The molecule has 0 unspecified atom stereocenters. The summed E-state index contributed by atoms with van der Waals surface area (Å²) in [5.41, 5.74) is 1.43. The lowest BCUT2D eigenvalue weighted by Crippen LogP contribution is -1.94. The third-order valence-corrected chi connectivity index (χ3v) is 2.44. The maximum absolute atomic E-state index is 8.79. The van der Waals surface area contributed by atoms with E-state index in [0.717, 1.165) is 5.56 Å². The predicted molar refractivity (Wildman–Crippen MR) is 65.3 cm³/mol. The number of hydrogen-bond donors (Lipinski definition) is 0. The van der Waals surface area contributed by atoms with Crippen LogP contribution in [0.15, 0.2) is 30.5 Å². The van der Waals surface area contributed by atoms with Crippen molar-refractivity contribution in [3.05, 3.63) is 36.3 Å². The van der Waals surface area contributed by atoms with Gasteiger partial charge in [0, 0.05) is 17.8 Å². The molecule has 0 N–H and O–H groups in total. The van der Waals surface area contributed by atoms with Gasteiger partial charge in [0.25, 0.3) is 0 Å². The number of nitriles is 1. The fraction of sp³-hybridized carbons (Fsp3) is 0.154. The molecule has 5 heteroatoms. The summed E-state index contributed by atoms with van der Waals surface area (Å²) < 4.78 is 10.4. The lowest BCUT2D eigenvalue weighted by molar-refractivity contribution is 0.395. The summed E-state index contributed by atoms with van der Waals surface area (Å²) in [4.78, 5) is 7.97. The molecule has 90 valence electrons. The Bertz CT molecular complexity index is 605. The maximum atomic E-state index is 8.79. The topological polar surface area (TPSA) is 68.0 Å². The van der Waals surface area contributed by atoms with Crippen LogP contribution >= 0.6 is 0 Å². The summed E-state index contributed by atoms with van der Waals surface area (Å²) in [6.45, 7) is 0. The molecule has 0 aliphatic rings. The minimum absolute atomic E-state index is 0.130. The van der Waals surface area contributed by atoms with Crippen molar-refractivity contribution in [2.24, 2.45) is 0 Å². The van der Waals surface area contributed by atoms with E-state index in [4.69, 9.17) is 14.7 Å². The number of ether oxygens (including phenoxy) is 2. The number of nitrogens with zero attached hydrogens (tertiary/aromatic N) is 3. The standard InChI is InChI=1S/C13H11N3O2/c1-17-9-3-4-10(12(7-9)18-2)11-5-6-15-13(8-14)16-11/h3-7H,1-2H3. The molecular weight excluding hydrogens is 230 g/mol. The van der Waals surface area contributed by atoms with E-state index in [1.165, 1.54) is 0 Å². The Morgan fingerprint density at radius 1 is 1.17 bits per heavy atom. The van der Waals surface area contributed by atoms with Crippen LogP contribution in [0.1, 0.15) is 5.82 Å². The number of rotatable bonds is 3. The number of hydrogen-bond acceptors (Lipinski definition) is 5. The van der Waals surface area contributed by atoms with Gasteiger partial charge in [-0.05, 0) is 18.2 Å². The molecule has 0 aliphatic carbocycles. The van der Waals surface area contributed by atoms with E-state index < -0.39 is 0 Å². The third-order valence-electron chi connectivity index (χ3n) is 2.44. The molecule has 0 radical (unpaired) electrons. The van der Waals surface area contributed by atoms with Crippen molar-refractivity contribution < 1.29 is 9.47 Å². The zero-order valence-corrected chi connectivity index (χ0v) is 10.0. The van der Waals surface area contributed by atoms with Gasteiger partial charge in [0.2, 0.25) is 5.82 Å². The van der Waals surface area contributed by atoms with Gasteiger partial charge >= 0.3 is 0 Å². The molecule has 0 fully saturated rings. The molecule has 18 heavy (non-hydrogen) atoms. The normalized spacial score (nSPS) is 9.61. The van der Waals surface area contributed by atoms with Gasteiger partial charge < -0.3 is 9.47 Å². The van der Waals surface area contributed by atoms with Crippen LogP contribution in [0.25, 0.3) is 11.3 Å². The van der Waals surface area contributed by atoms with Gasteiger partial charge in [0.15, 0.2) is 0 Å². The molecule has 0 atom stereocenters. The molecule has 0 spiro atoms. The SMILES string of the molecule is COc1ccc(-c2ccnc(C#N)n2)c(OC)c1. The summed E-state index contributed by atoms with van der Waals surface area (Å²) >= 11 is 0. The first-order valence-corrected chi connectivity index (χ1v) is 5.24. The number of methoxy groups -OCH3 is 2. The Balaban J connectivity index is 2.53. The minimum Gasteiger partial charge on any atom is -0.497 e. The van der Waals surface area contributed by atoms with E-state index in [9.17, 15) is 0 Å². The highest BCUT2D eigenvalue weighted by atomic mass is 16.5. The van der Waals surface area contributed by atoms with E-state index in [1.54, 1.807) is 32.5 Å². The van der Waals surface area contributed by atoms with Crippen LogP contribution in [0.3, 0.4) is 0 Å². The Hall–Kier alpha value is -2.61. The molecule has 0 amide bonds. The molecule has 0 bridgehead atoms. The van der Waals surface area contributed by atoms with Gasteiger partial charge in [-0.3, -0.25) is 0 Å². The van der Waals surface area contributed by atoms with Crippen LogP contribution < -0.4 is 9.47 Å². The smallest absolute Gasteiger partial charge is 0.232 e. The van der Waals surface area contributed by atoms with Crippen molar-refractivity contribution >= 4 is 0 Å². The van der Waals surface area contributed by atoms with Crippen molar-refractivity contribution in [2.75, 3.05) is 14.2 Å².